The van der Waals surface area contributed by atoms with Crippen LogP contribution in [0, 0.1) is 0 Å². The second-order valence-corrected chi connectivity index (χ2v) is 9.14. The Morgan fingerprint density at radius 2 is 1.56 bits per heavy atom. The zero-order valence-corrected chi connectivity index (χ0v) is 19.3. The zero-order valence-electron chi connectivity index (χ0n) is 18.5. The molecule has 1 atom stereocenters. The van der Waals surface area contributed by atoms with Gasteiger partial charge in [0.25, 0.3) is 15.9 Å². The number of para-hydroxylation sites is 1. The van der Waals surface area contributed by atoms with Gasteiger partial charge in [-0.25, -0.2) is 8.42 Å². The van der Waals surface area contributed by atoms with E-state index in [-0.39, 0.29) is 10.8 Å². The van der Waals surface area contributed by atoms with Gasteiger partial charge in [-0.15, -0.1) is 0 Å². The van der Waals surface area contributed by atoms with Crippen molar-refractivity contribution in [2.45, 2.75) is 38.2 Å². The molecule has 0 aliphatic rings. The molecule has 1 unspecified atom stereocenters. The molecular formula is C25H28N2O4S. The van der Waals surface area contributed by atoms with Gasteiger partial charge in [0.15, 0.2) is 6.10 Å². The Morgan fingerprint density at radius 1 is 0.938 bits per heavy atom. The van der Waals surface area contributed by atoms with Gasteiger partial charge in [-0.1, -0.05) is 37.3 Å². The summed E-state index contributed by atoms with van der Waals surface area (Å²) in [4.78, 5) is 12.7. The van der Waals surface area contributed by atoms with Gasteiger partial charge in [-0.05, 0) is 74.4 Å². The van der Waals surface area contributed by atoms with Crippen molar-refractivity contribution in [2.75, 3.05) is 16.2 Å². The van der Waals surface area contributed by atoms with E-state index < -0.39 is 16.1 Å². The Balaban J connectivity index is 1.67. The van der Waals surface area contributed by atoms with Crippen molar-refractivity contribution in [3.05, 3.63) is 84.4 Å². The molecule has 0 bridgehead atoms. The molecule has 0 saturated carbocycles. The summed E-state index contributed by atoms with van der Waals surface area (Å²) in [5.74, 6) is 0.298. The van der Waals surface area contributed by atoms with Gasteiger partial charge in [0.1, 0.15) is 5.75 Å². The minimum absolute atomic E-state index is 0.154. The van der Waals surface area contributed by atoms with E-state index in [2.05, 4.69) is 12.2 Å². The predicted octanol–water partition coefficient (Wildman–Crippen LogP) is 4.87. The highest BCUT2D eigenvalue weighted by Crippen LogP contribution is 2.24. The molecule has 0 spiro atoms. The SMILES string of the molecule is CCc1ccc(OC(C)C(=O)Nc2ccc(S(=O)(=O)N(CC)c3ccccc3)cc2)cc1. The van der Waals surface area contributed by atoms with E-state index >= 15 is 0 Å². The lowest BCUT2D eigenvalue weighted by Gasteiger charge is -2.23. The molecule has 3 aromatic rings. The van der Waals surface area contributed by atoms with Crippen molar-refractivity contribution in [3.8, 4) is 5.75 Å². The average Bonchev–Trinajstić information content (AvgIpc) is 2.81. The molecule has 0 radical (unpaired) electrons. The fourth-order valence-corrected chi connectivity index (χ4v) is 4.70. The van der Waals surface area contributed by atoms with Crippen molar-refractivity contribution in [2.24, 2.45) is 0 Å². The molecular weight excluding hydrogens is 424 g/mol. The summed E-state index contributed by atoms with van der Waals surface area (Å²) < 4.78 is 33.2. The summed E-state index contributed by atoms with van der Waals surface area (Å²) in [7, 11) is -3.72. The van der Waals surface area contributed by atoms with Gasteiger partial charge in [0, 0.05) is 12.2 Å². The van der Waals surface area contributed by atoms with E-state index in [0.29, 0.717) is 23.7 Å². The number of nitrogens with zero attached hydrogens (tertiary/aromatic N) is 1. The van der Waals surface area contributed by atoms with Crippen LogP contribution in [0.2, 0.25) is 0 Å². The van der Waals surface area contributed by atoms with Crippen LogP contribution in [0.1, 0.15) is 26.3 Å². The van der Waals surface area contributed by atoms with Crippen LogP contribution in [-0.2, 0) is 21.2 Å². The average molecular weight is 453 g/mol. The number of nitrogens with one attached hydrogen (secondary N) is 1. The van der Waals surface area contributed by atoms with E-state index in [0.717, 1.165) is 6.42 Å². The predicted molar refractivity (Wildman–Crippen MR) is 128 cm³/mol. The standard InChI is InChI=1S/C25H28N2O4S/c1-4-20-11-15-23(16-12-20)31-19(3)25(28)26-21-13-17-24(18-14-21)32(29,30)27(5-2)22-9-7-6-8-10-22/h6-19H,4-5H2,1-3H3,(H,26,28). The van der Waals surface area contributed by atoms with E-state index in [1.165, 1.54) is 22.0 Å². The van der Waals surface area contributed by atoms with Crippen LogP contribution in [0.25, 0.3) is 0 Å². The normalized spacial score (nSPS) is 12.1. The van der Waals surface area contributed by atoms with E-state index in [1.54, 1.807) is 50.2 Å². The molecule has 0 saturated heterocycles. The third-order valence-electron chi connectivity index (χ3n) is 5.05. The van der Waals surface area contributed by atoms with Crippen molar-refractivity contribution in [3.63, 3.8) is 0 Å². The van der Waals surface area contributed by atoms with E-state index in [1.807, 2.05) is 30.3 Å². The number of hydrogen-bond acceptors (Lipinski definition) is 4. The second-order valence-electron chi connectivity index (χ2n) is 7.28. The highest BCUT2D eigenvalue weighted by Gasteiger charge is 2.23. The summed E-state index contributed by atoms with van der Waals surface area (Å²) in [6.07, 6.45) is 0.225. The highest BCUT2D eigenvalue weighted by atomic mass is 32.2. The molecule has 3 rings (SSSR count). The monoisotopic (exact) mass is 452 g/mol. The summed E-state index contributed by atoms with van der Waals surface area (Å²) in [5.41, 5.74) is 2.29. The molecule has 7 heteroatoms. The summed E-state index contributed by atoms with van der Waals surface area (Å²) >= 11 is 0. The molecule has 0 heterocycles. The highest BCUT2D eigenvalue weighted by molar-refractivity contribution is 7.92. The lowest BCUT2D eigenvalue weighted by atomic mass is 10.2. The van der Waals surface area contributed by atoms with Crippen LogP contribution in [-0.4, -0.2) is 27.0 Å². The maximum atomic E-state index is 13.1. The molecule has 0 fully saturated rings. The largest absolute Gasteiger partial charge is 0.481 e. The molecule has 0 aliphatic heterocycles. The Morgan fingerprint density at radius 3 is 2.12 bits per heavy atom. The summed E-state index contributed by atoms with van der Waals surface area (Å²) in [6, 6.07) is 22.7. The third-order valence-corrected chi connectivity index (χ3v) is 6.97. The number of carbonyl (C=O) groups is 1. The minimum Gasteiger partial charge on any atom is -0.481 e. The number of amides is 1. The lowest BCUT2D eigenvalue weighted by molar-refractivity contribution is -0.122. The van der Waals surface area contributed by atoms with Gasteiger partial charge in [-0.2, -0.15) is 0 Å². The van der Waals surface area contributed by atoms with Gasteiger partial charge in [0.2, 0.25) is 0 Å². The van der Waals surface area contributed by atoms with Crippen molar-refractivity contribution < 1.29 is 17.9 Å². The first kappa shape index (κ1) is 23.3. The molecule has 1 N–H and O–H groups in total. The maximum Gasteiger partial charge on any atom is 0.265 e. The number of carbonyl (C=O) groups excluding carboxylic acids is 1. The Bertz CT molecular complexity index is 1130. The third kappa shape index (κ3) is 5.48. The lowest BCUT2D eigenvalue weighted by Crippen LogP contribution is -2.31. The number of hydrogen-bond donors (Lipinski definition) is 1. The van der Waals surface area contributed by atoms with Crippen molar-refractivity contribution in [1.29, 1.82) is 0 Å². The van der Waals surface area contributed by atoms with Crippen LogP contribution >= 0.6 is 0 Å². The molecule has 3 aromatic carbocycles. The number of aryl methyl sites for hydroxylation is 1. The smallest absolute Gasteiger partial charge is 0.265 e. The van der Waals surface area contributed by atoms with E-state index in [4.69, 9.17) is 4.74 Å². The topological polar surface area (TPSA) is 75.7 Å². The molecule has 0 aromatic heterocycles. The van der Waals surface area contributed by atoms with Crippen LogP contribution in [0.15, 0.2) is 83.8 Å². The first-order valence-electron chi connectivity index (χ1n) is 10.6. The molecule has 0 aliphatic carbocycles. The molecule has 168 valence electrons. The second kappa shape index (κ2) is 10.3. The minimum atomic E-state index is -3.72. The first-order valence-corrected chi connectivity index (χ1v) is 12.0. The summed E-state index contributed by atoms with van der Waals surface area (Å²) in [6.45, 7) is 5.83. The van der Waals surface area contributed by atoms with Gasteiger partial charge in [0.05, 0.1) is 10.6 Å². The quantitative estimate of drug-likeness (QED) is 0.503. The number of sulfonamides is 1. The van der Waals surface area contributed by atoms with Gasteiger partial charge in [-0.3, -0.25) is 9.10 Å². The zero-order chi connectivity index (χ0) is 23.1. The maximum absolute atomic E-state index is 13.1. The number of rotatable bonds is 9. The van der Waals surface area contributed by atoms with Crippen LogP contribution in [0.4, 0.5) is 11.4 Å². The van der Waals surface area contributed by atoms with Gasteiger partial charge >= 0.3 is 0 Å². The van der Waals surface area contributed by atoms with E-state index in [9.17, 15) is 13.2 Å². The first-order chi connectivity index (χ1) is 15.3. The Hall–Kier alpha value is -3.32. The fraction of sp³-hybridized carbons (Fsp3) is 0.240. The molecule has 32 heavy (non-hydrogen) atoms. The van der Waals surface area contributed by atoms with Crippen molar-refractivity contribution in [1.82, 2.24) is 0 Å². The Kier molecular flexibility index (Phi) is 7.53. The number of ether oxygens (including phenoxy) is 1. The van der Waals surface area contributed by atoms with Crippen LogP contribution in [0.5, 0.6) is 5.75 Å². The fourth-order valence-electron chi connectivity index (χ4n) is 3.23. The number of anilines is 2. The van der Waals surface area contributed by atoms with Gasteiger partial charge < -0.3 is 10.1 Å². The molecule has 6 nitrogen and oxygen atoms in total. The molecule has 1 amide bonds. The van der Waals surface area contributed by atoms with Crippen LogP contribution < -0.4 is 14.4 Å². The van der Waals surface area contributed by atoms with Crippen molar-refractivity contribution >= 4 is 27.3 Å². The summed E-state index contributed by atoms with van der Waals surface area (Å²) in [5, 5.41) is 2.77. The number of benzene rings is 3. The Labute approximate surface area is 189 Å². The van der Waals surface area contributed by atoms with Crippen LogP contribution in [0.3, 0.4) is 0 Å².